The lowest BCUT2D eigenvalue weighted by atomic mass is 9.62. The van der Waals surface area contributed by atoms with E-state index in [4.69, 9.17) is 9.47 Å². The molecule has 1 aliphatic rings. The molecule has 1 saturated carbocycles. The van der Waals surface area contributed by atoms with E-state index in [-0.39, 0.29) is 22.6 Å². The Morgan fingerprint density at radius 3 is 2.41 bits per heavy atom. The molecule has 7 nitrogen and oxygen atoms in total. The molecule has 1 fully saturated rings. The van der Waals surface area contributed by atoms with Gasteiger partial charge in [-0.25, -0.2) is 9.59 Å². The molecule has 162 valence electrons. The molecule has 2 rings (SSSR count). The van der Waals surface area contributed by atoms with Gasteiger partial charge in [-0.15, -0.1) is 0 Å². The highest BCUT2D eigenvalue weighted by molar-refractivity contribution is 5.90. The number of carbonyl (C=O) groups is 2. The maximum atomic E-state index is 12.8. The number of hydrogen-bond donors (Lipinski definition) is 2. The highest BCUT2D eigenvalue weighted by Crippen LogP contribution is 2.48. The summed E-state index contributed by atoms with van der Waals surface area (Å²) in [5.74, 6) is 0.182. The number of aromatic hydroxyl groups is 1. The molecule has 1 aromatic rings. The second-order valence-electron chi connectivity index (χ2n) is 9.27. The Kier molecular flexibility index (Phi) is 6.71. The lowest BCUT2D eigenvalue weighted by Gasteiger charge is -2.49. The number of ether oxygens (including phenoxy) is 2. The van der Waals surface area contributed by atoms with Crippen LogP contribution in [0.5, 0.6) is 5.75 Å². The van der Waals surface area contributed by atoms with E-state index in [9.17, 15) is 14.7 Å². The number of methoxy groups -OCH3 is 2. The van der Waals surface area contributed by atoms with Crippen molar-refractivity contribution in [2.75, 3.05) is 25.7 Å². The summed E-state index contributed by atoms with van der Waals surface area (Å²) >= 11 is 0. The van der Waals surface area contributed by atoms with Crippen molar-refractivity contribution in [3.05, 3.63) is 23.3 Å². The smallest absolute Gasteiger partial charge is 0.414 e. The van der Waals surface area contributed by atoms with Crippen molar-refractivity contribution in [1.82, 2.24) is 5.32 Å². The molecule has 2 unspecified atom stereocenters. The number of amides is 2. The van der Waals surface area contributed by atoms with Crippen LogP contribution in [0.2, 0.25) is 0 Å². The maximum absolute atomic E-state index is 12.8. The minimum atomic E-state index is -0.463. The highest BCUT2D eigenvalue weighted by atomic mass is 16.5. The number of rotatable bonds is 4. The normalized spacial score (nSPS) is 23.2. The summed E-state index contributed by atoms with van der Waals surface area (Å²) in [6.07, 6.45) is 1.44. The standard InChI is InChI=1S/C22H34N2O5/c1-14-8-9-17(15(2)18(14)25)24(20(27)29-7)16-10-21(3,4)12-22(5,11-16)13-23-19(26)28-6/h8-9,16,25H,10-13H2,1-7H3,(H,23,26). The molecule has 7 heteroatoms. The predicted octanol–water partition coefficient (Wildman–Crippen LogP) is 4.52. The third-order valence-corrected chi connectivity index (χ3v) is 5.87. The molecule has 0 spiro atoms. The van der Waals surface area contributed by atoms with Crippen LogP contribution in [0.25, 0.3) is 0 Å². The van der Waals surface area contributed by atoms with Gasteiger partial charge < -0.3 is 19.9 Å². The fourth-order valence-corrected chi connectivity index (χ4v) is 4.88. The monoisotopic (exact) mass is 406 g/mol. The SMILES string of the molecule is COC(=O)NCC1(C)CC(N(C(=O)OC)c2ccc(C)c(O)c2C)CC(C)(C)C1. The molecule has 2 amide bonds. The van der Waals surface area contributed by atoms with Crippen LogP contribution < -0.4 is 10.2 Å². The molecule has 29 heavy (non-hydrogen) atoms. The topological polar surface area (TPSA) is 88.1 Å². The Labute approximate surface area is 173 Å². The molecule has 1 aromatic carbocycles. The molecule has 0 saturated heterocycles. The fourth-order valence-electron chi connectivity index (χ4n) is 4.88. The van der Waals surface area contributed by atoms with Crippen LogP contribution >= 0.6 is 0 Å². The number of nitrogens with zero attached hydrogens (tertiary/aromatic N) is 1. The van der Waals surface area contributed by atoms with E-state index < -0.39 is 12.2 Å². The number of phenols is 1. The number of phenolic OH excluding ortho intramolecular Hbond substituents is 1. The molecule has 0 aromatic heterocycles. The molecule has 1 aliphatic carbocycles. The summed E-state index contributed by atoms with van der Waals surface area (Å²) < 4.78 is 9.83. The summed E-state index contributed by atoms with van der Waals surface area (Å²) in [6.45, 7) is 10.5. The number of nitrogens with one attached hydrogen (secondary N) is 1. The molecule has 2 atom stereocenters. The number of alkyl carbamates (subject to hydrolysis) is 1. The lowest BCUT2D eigenvalue weighted by molar-refractivity contribution is 0.0752. The van der Waals surface area contributed by atoms with E-state index in [0.717, 1.165) is 18.4 Å². The van der Waals surface area contributed by atoms with Crippen LogP contribution in [-0.4, -0.2) is 44.1 Å². The van der Waals surface area contributed by atoms with Crippen molar-refractivity contribution in [2.24, 2.45) is 10.8 Å². The zero-order chi connectivity index (χ0) is 22.0. The van der Waals surface area contributed by atoms with Gasteiger partial charge >= 0.3 is 12.2 Å². The Balaban J connectivity index is 2.43. The molecule has 0 heterocycles. The quantitative estimate of drug-likeness (QED) is 0.767. The van der Waals surface area contributed by atoms with Gasteiger partial charge in [-0.2, -0.15) is 0 Å². The van der Waals surface area contributed by atoms with E-state index in [1.165, 1.54) is 14.2 Å². The summed E-state index contributed by atoms with van der Waals surface area (Å²) in [5, 5.41) is 13.2. The third kappa shape index (κ3) is 5.14. The van der Waals surface area contributed by atoms with Crippen LogP contribution in [0.1, 0.15) is 51.2 Å². The van der Waals surface area contributed by atoms with Gasteiger partial charge in [0.2, 0.25) is 0 Å². The van der Waals surface area contributed by atoms with Gasteiger partial charge in [0.25, 0.3) is 0 Å². The molecular weight excluding hydrogens is 372 g/mol. The fraction of sp³-hybridized carbons (Fsp3) is 0.636. The Morgan fingerprint density at radius 1 is 1.17 bits per heavy atom. The van der Waals surface area contributed by atoms with E-state index in [0.29, 0.717) is 24.2 Å². The Morgan fingerprint density at radius 2 is 1.83 bits per heavy atom. The third-order valence-electron chi connectivity index (χ3n) is 5.87. The van der Waals surface area contributed by atoms with E-state index >= 15 is 0 Å². The second-order valence-corrected chi connectivity index (χ2v) is 9.27. The van der Waals surface area contributed by atoms with Crippen LogP contribution in [0.3, 0.4) is 0 Å². The minimum Gasteiger partial charge on any atom is -0.507 e. The zero-order valence-electron chi connectivity index (χ0n) is 18.6. The van der Waals surface area contributed by atoms with E-state index in [1.807, 2.05) is 13.0 Å². The number of benzene rings is 1. The van der Waals surface area contributed by atoms with Crippen molar-refractivity contribution in [2.45, 2.75) is 59.9 Å². The Hall–Kier alpha value is -2.44. The summed E-state index contributed by atoms with van der Waals surface area (Å²) in [7, 11) is 2.71. The van der Waals surface area contributed by atoms with Crippen molar-refractivity contribution >= 4 is 17.9 Å². The molecule has 0 radical (unpaired) electrons. The van der Waals surface area contributed by atoms with E-state index in [1.54, 1.807) is 17.9 Å². The molecule has 2 N–H and O–H groups in total. The maximum Gasteiger partial charge on any atom is 0.414 e. The average Bonchev–Trinajstić information content (AvgIpc) is 2.64. The molecule has 0 bridgehead atoms. The largest absolute Gasteiger partial charge is 0.507 e. The van der Waals surface area contributed by atoms with Crippen molar-refractivity contribution in [3.8, 4) is 5.75 Å². The van der Waals surface area contributed by atoms with Crippen LogP contribution in [0.15, 0.2) is 12.1 Å². The lowest BCUT2D eigenvalue weighted by Crippen LogP contribution is -2.52. The van der Waals surface area contributed by atoms with Gasteiger partial charge in [-0.05, 0) is 55.6 Å². The number of carbonyl (C=O) groups excluding carboxylic acids is 2. The molecule has 0 aliphatic heterocycles. The van der Waals surface area contributed by atoms with Gasteiger partial charge in [0.15, 0.2) is 0 Å². The van der Waals surface area contributed by atoms with Gasteiger partial charge in [0.05, 0.1) is 19.9 Å². The first kappa shape index (κ1) is 22.8. The summed E-state index contributed by atoms with van der Waals surface area (Å²) in [4.78, 5) is 26.1. The minimum absolute atomic E-state index is 0.0532. The van der Waals surface area contributed by atoms with Crippen molar-refractivity contribution < 1.29 is 24.2 Å². The van der Waals surface area contributed by atoms with E-state index in [2.05, 4.69) is 26.1 Å². The first-order valence-electron chi connectivity index (χ1n) is 9.91. The average molecular weight is 407 g/mol. The summed E-state index contributed by atoms with van der Waals surface area (Å²) in [6, 6.07) is 3.52. The van der Waals surface area contributed by atoms with Crippen LogP contribution in [0.4, 0.5) is 15.3 Å². The van der Waals surface area contributed by atoms with Crippen LogP contribution in [-0.2, 0) is 9.47 Å². The predicted molar refractivity (Wildman–Crippen MR) is 112 cm³/mol. The summed E-state index contributed by atoms with van der Waals surface area (Å²) in [5.41, 5.74) is 1.77. The van der Waals surface area contributed by atoms with Crippen molar-refractivity contribution in [1.29, 1.82) is 0 Å². The first-order valence-corrected chi connectivity index (χ1v) is 9.91. The highest BCUT2D eigenvalue weighted by Gasteiger charge is 2.45. The van der Waals surface area contributed by atoms with Gasteiger partial charge in [0.1, 0.15) is 5.75 Å². The molecular formula is C22H34N2O5. The first-order chi connectivity index (χ1) is 13.4. The second kappa shape index (κ2) is 8.51. The number of hydrogen-bond acceptors (Lipinski definition) is 5. The van der Waals surface area contributed by atoms with Gasteiger partial charge in [-0.3, -0.25) is 4.90 Å². The number of aryl methyl sites for hydroxylation is 1. The van der Waals surface area contributed by atoms with Gasteiger partial charge in [0, 0.05) is 18.2 Å². The van der Waals surface area contributed by atoms with Crippen molar-refractivity contribution in [3.63, 3.8) is 0 Å². The van der Waals surface area contributed by atoms with Gasteiger partial charge in [-0.1, -0.05) is 26.8 Å². The number of anilines is 1. The Bertz CT molecular complexity index is 777. The van der Waals surface area contributed by atoms with Crippen LogP contribution in [0, 0.1) is 24.7 Å². The zero-order valence-corrected chi connectivity index (χ0v) is 18.6.